The molecule has 148 valence electrons. The van der Waals surface area contributed by atoms with Gasteiger partial charge in [0.15, 0.2) is 11.6 Å². The van der Waals surface area contributed by atoms with Gasteiger partial charge < -0.3 is 28.4 Å². The minimum atomic E-state index is -1.04. The predicted octanol–water partition coefficient (Wildman–Crippen LogP) is 2.53. The summed E-state index contributed by atoms with van der Waals surface area (Å²) in [5.74, 6) is -2.75. The van der Waals surface area contributed by atoms with Crippen LogP contribution < -0.4 is 0 Å². The third-order valence-corrected chi connectivity index (χ3v) is 4.83. The standard InChI is InChI=1S/C19H30O7/c1-7-13(10-21-12(2)20)8-9-19-16(25-18(5,6)26-19)15-14(11-22-19)23-17(3,4)24-15/h8-9,13-16H,7,10-11H2,1-6H3/b9-8+/t13-,14-,15-,16+,19+/m1/s1. The Kier molecular flexibility index (Phi) is 5.22. The number of hydrogen-bond acceptors (Lipinski definition) is 7. The smallest absolute Gasteiger partial charge is 0.302 e. The number of esters is 1. The molecule has 7 nitrogen and oxygen atoms in total. The van der Waals surface area contributed by atoms with E-state index in [0.29, 0.717) is 13.2 Å². The molecule has 0 amide bonds. The first-order valence-corrected chi connectivity index (χ1v) is 9.26. The van der Waals surface area contributed by atoms with Gasteiger partial charge in [-0.2, -0.15) is 0 Å². The molecule has 0 aromatic rings. The minimum Gasteiger partial charge on any atom is -0.465 e. The lowest BCUT2D eigenvalue weighted by atomic mass is 9.95. The Bertz CT molecular complexity index is 570. The molecule has 0 N–H and O–H groups in total. The molecule has 3 fully saturated rings. The van der Waals surface area contributed by atoms with Crippen LogP contribution in [-0.4, -0.2) is 54.9 Å². The maximum absolute atomic E-state index is 11.1. The zero-order valence-electron chi connectivity index (χ0n) is 16.4. The van der Waals surface area contributed by atoms with Crippen LogP contribution in [0, 0.1) is 5.92 Å². The van der Waals surface area contributed by atoms with E-state index in [0.717, 1.165) is 6.42 Å². The summed E-state index contributed by atoms with van der Waals surface area (Å²) in [5.41, 5.74) is 0. The lowest BCUT2D eigenvalue weighted by molar-refractivity contribution is -0.253. The zero-order chi connectivity index (χ0) is 19.2. The Balaban J connectivity index is 1.81. The SMILES string of the molecule is CC[C@H](/C=C/[C@@]12OC[C@H]3OC(C)(C)O[C@H]3[C@@H]1OC(C)(C)O2)COC(C)=O. The quantitative estimate of drug-likeness (QED) is 0.544. The van der Waals surface area contributed by atoms with Crippen molar-refractivity contribution >= 4 is 5.97 Å². The molecule has 0 aliphatic carbocycles. The molecule has 0 bridgehead atoms. The summed E-state index contributed by atoms with van der Waals surface area (Å²) in [6.07, 6.45) is 3.76. The van der Waals surface area contributed by atoms with Crippen molar-refractivity contribution in [3.8, 4) is 0 Å². The van der Waals surface area contributed by atoms with Gasteiger partial charge in [0.25, 0.3) is 0 Å². The third-order valence-electron chi connectivity index (χ3n) is 4.83. The van der Waals surface area contributed by atoms with Gasteiger partial charge in [-0.15, -0.1) is 0 Å². The molecule has 26 heavy (non-hydrogen) atoms. The van der Waals surface area contributed by atoms with Gasteiger partial charge in [0.1, 0.15) is 18.3 Å². The van der Waals surface area contributed by atoms with E-state index in [1.54, 1.807) is 0 Å². The van der Waals surface area contributed by atoms with E-state index >= 15 is 0 Å². The predicted molar refractivity (Wildman–Crippen MR) is 92.1 cm³/mol. The Morgan fingerprint density at radius 2 is 1.92 bits per heavy atom. The monoisotopic (exact) mass is 370 g/mol. The zero-order valence-corrected chi connectivity index (χ0v) is 16.4. The molecule has 0 aromatic carbocycles. The molecule has 0 aromatic heterocycles. The molecule has 5 atom stereocenters. The molecule has 7 heteroatoms. The van der Waals surface area contributed by atoms with Crippen LogP contribution in [-0.2, 0) is 33.2 Å². The molecule has 3 rings (SSSR count). The number of rotatable bonds is 5. The lowest BCUT2D eigenvalue weighted by Gasteiger charge is -2.39. The largest absolute Gasteiger partial charge is 0.465 e. The average Bonchev–Trinajstić information content (AvgIpc) is 2.98. The highest BCUT2D eigenvalue weighted by molar-refractivity contribution is 5.65. The number of ether oxygens (including phenoxy) is 6. The fourth-order valence-corrected chi connectivity index (χ4v) is 3.70. The van der Waals surface area contributed by atoms with Crippen LogP contribution in [0.3, 0.4) is 0 Å². The van der Waals surface area contributed by atoms with Crippen molar-refractivity contribution in [3.05, 3.63) is 12.2 Å². The molecule has 3 aliphatic heterocycles. The van der Waals surface area contributed by atoms with Gasteiger partial charge in [-0.05, 0) is 40.2 Å². The van der Waals surface area contributed by atoms with E-state index in [2.05, 4.69) is 0 Å². The van der Waals surface area contributed by atoms with Crippen molar-refractivity contribution in [1.29, 1.82) is 0 Å². The van der Waals surface area contributed by atoms with Crippen molar-refractivity contribution in [3.63, 3.8) is 0 Å². The first kappa shape index (κ1) is 19.8. The fourth-order valence-electron chi connectivity index (χ4n) is 3.70. The summed E-state index contributed by atoms with van der Waals surface area (Å²) < 4.78 is 35.5. The van der Waals surface area contributed by atoms with Crippen molar-refractivity contribution < 1.29 is 33.2 Å². The van der Waals surface area contributed by atoms with Crippen molar-refractivity contribution in [2.75, 3.05) is 13.2 Å². The van der Waals surface area contributed by atoms with Gasteiger partial charge in [0.2, 0.25) is 5.79 Å². The highest BCUT2D eigenvalue weighted by atomic mass is 16.9. The van der Waals surface area contributed by atoms with Crippen LogP contribution >= 0.6 is 0 Å². The van der Waals surface area contributed by atoms with Crippen LogP contribution in [0.2, 0.25) is 0 Å². The highest BCUT2D eigenvalue weighted by Gasteiger charge is 2.64. The van der Waals surface area contributed by atoms with Gasteiger partial charge in [-0.3, -0.25) is 4.79 Å². The third kappa shape index (κ3) is 3.97. The van der Waals surface area contributed by atoms with Crippen molar-refractivity contribution in [2.24, 2.45) is 5.92 Å². The maximum atomic E-state index is 11.1. The second-order valence-corrected chi connectivity index (χ2v) is 8.04. The molecule has 3 saturated heterocycles. The number of carbonyl (C=O) groups excluding carboxylic acids is 1. The first-order chi connectivity index (χ1) is 12.1. The summed E-state index contributed by atoms with van der Waals surface area (Å²) >= 11 is 0. The number of carbonyl (C=O) groups is 1. The van der Waals surface area contributed by atoms with Crippen LogP contribution in [0.15, 0.2) is 12.2 Å². The number of hydrogen-bond donors (Lipinski definition) is 0. The van der Waals surface area contributed by atoms with Crippen molar-refractivity contribution in [1.82, 2.24) is 0 Å². The molecule has 0 spiro atoms. The molecular weight excluding hydrogens is 340 g/mol. The Morgan fingerprint density at radius 3 is 2.58 bits per heavy atom. The van der Waals surface area contributed by atoms with E-state index in [9.17, 15) is 4.79 Å². The van der Waals surface area contributed by atoms with Gasteiger partial charge in [0, 0.05) is 12.8 Å². The second-order valence-electron chi connectivity index (χ2n) is 8.04. The second kappa shape index (κ2) is 6.87. The minimum absolute atomic E-state index is 0.0692. The van der Waals surface area contributed by atoms with Gasteiger partial charge in [-0.25, -0.2) is 0 Å². The Hall–Kier alpha value is -0.990. The summed E-state index contributed by atoms with van der Waals surface area (Å²) in [7, 11) is 0. The fraction of sp³-hybridized carbons (Fsp3) is 0.842. The summed E-state index contributed by atoms with van der Waals surface area (Å²) in [5, 5.41) is 0. The Morgan fingerprint density at radius 1 is 1.19 bits per heavy atom. The van der Waals surface area contributed by atoms with Crippen LogP contribution in [0.4, 0.5) is 0 Å². The molecular formula is C19H30O7. The average molecular weight is 370 g/mol. The molecule has 0 radical (unpaired) electrons. The van der Waals surface area contributed by atoms with Gasteiger partial charge in [0.05, 0.1) is 13.2 Å². The van der Waals surface area contributed by atoms with Gasteiger partial charge >= 0.3 is 5.97 Å². The molecule has 3 aliphatic rings. The van der Waals surface area contributed by atoms with Crippen LogP contribution in [0.25, 0.3) is 0 Å². The van der Waals surface area contributed by atoms with Crippen LogP contribution in [0.5, 0.6) is 0 Å². The normalized spacial score (nSPS) is 38.8. The number of fused-ring (bicyclic) bond motifs is 3. The van der Waals surface area contributed by atoms with E-state index in [1.165, 1.54) is 6.92 Å². The van der Waals surface area contributed by atoms with E-state index in [-0.39, 0.29) is 24.1 Å². The summed E-state index contributed by atoms with van der Waals surface area (Å²) in [6.45, 7) is 11.6. The van der Waals surface area contributed by atoms with E-state index in [4.69, 9.17) is 28.4 Å². The van der Waals surface area contributed by atoms with E-state index in [1.807, 2.05) is 46.8 Å². The summed E-state index contributed by atoms with van der Waals surface area (Å²) in [6, 6.07) is 0. The summed E-state index contributed by atoms with van der Waals surface area (Å²) in [4.78, 5) is 11.1. The molecule has 3 heterocycles. The lowest BCUT2D eigenvalue weighted by Crippen LogP contribution is -2.57. The van der Waals surface area contributed by atoms with Crippen LogP contribution in [0.1, 0.15) is 48.0 Å². The van der Waals surface area contributed by atoms with E-state index < -0.39 is 23.5 Å². The Labute approximate surface area is 154 Å². The first-order valence-electron chi connectivity index (χ1n) is 9.26. The van der Waals surface area contributed by atoms with Gasteiger partial charge in [-0.1, -0.05) is 13.0 Å². The topological polar surface area (TPSA) is 72.5 Å². The maximum Gasteiger partial charge on any atom is 0.302 e. The highest BCUT2D eigenvalue weighted by Crippen LogP contribution is 2.48. The van der Waals surface area contributed by atoms with Crippen molar-refractivity contribution in [2.45, 2.75) is 83.6 Å². The molecule has 0 saturated carbocycles. The molecule has 0 unspecified atom stereocenters.